The molecule has 5 heteroatoms. The third-order valence-electron chi connectivity index (χ3n) is 3.93. The van der Waals surface area contributed by atoms with Gasteiger partial charge >= 0.3 is 0 Å². The largest absolute Gasteiger partial charge is 0.306 e. The number of likely N-dealkylation sites (tertiary alicyclic amines) is 1. The summed E-state index contributed by atoms with van der Waals surface area (Å²) in [5.41, 5.74) is 3.94. The molecule has 0 radical (unpaired) electrons. The van der Waals surface area contributed by atoms with E-state index >= 15 is 0 Å². The Bertz CT molecular complexity index is 577. The van der Waals surface area contributed by atoms with E-state index in [1.807, 2.05) is 13.0 Å². The second-order valence-electron chi connectivity index (χ2n) is 5.76. The predicted molar refractivity (Wildman–Crippen MR) is 78.3 cm³/mol. The molecule has 3 rings (SSSR count). The van der Waals surface area contributed by atoms with Gasteiger partial charge in [0.05, 0.1) is 5.69 Å². The summed E-state index contributed by atoms with van der Waals surface area (Å²) in [5, 5.41) is 7.30. The molecule has 2 aromatic rings. The first kappa shape index (κ1) is 13.2. The number of nitrogens with one attached hydrogen (secondary N) is 1. The van der Waals surface area contributed by atoms with E-state index in [2.05, 4.69) is 32.1 Å². The fourth-order valence-corrected chi connectivity index (χ4v) is 2.98. The van der Waals surface area contributed by atoms with E-state index in [1.165, 1.54) is 19.4 Å². The zero-order chi connectivity index (χ0) is 13.9. The van der Waals surface area contributed by atoms with Crippen LogP contribution >= 0.6 is 0 Å². The summed E-state index contributed by atoms with van der Waals surface area (Å²) in [4.78, 5) is 11.4. The topological polar surface area (TPSA) is 57.7 Å². The molecule has 0 spiro atoms. The molecule has 5 nitrogen and oxygen atoms in total. The minimum Gasteiger partial charge on any atom is -0.306 e. The highest BCUT2D eigenvalue weighted by Gasteiger charge is 2.20. The molecule has 1 fully saturated rings. The van der Waals surface area contributed by atoms with Gasteiger partial charge in [0.2, 0.25) is 0 Å². The van der Waals surface area contributed by atoms with E-state index in [1.54, 1.807) is 12.4 Å². The van der Waals surface area contributed by atoms with Crippen molar-refractivity contribution in [2.45, 2.75) is 26.2 Å². The Morgan fingerprint density at radius 3 is 2.95 bits per heavy atom. The minimum atomic E-state index is 0.671. The number of hydrogen-bond donors (Lipinski definition) is 1. The molecule has 1 aliphatic heterocycles. The number of piperidine rings is 1. The highest BCUT2D eigenvalue weighted by molar-refractivity contribution is 5.56. The smallest absolute Gasteiger partial charge is 0.113 e. The average molecular weight is 271 g/mol. The standard InChI is InChI=1S/C15H21N5/c1-11-8-14(19-18-11)15-13(16-5-6-17-15)9-12-4-3-7-20(2)10-12/h5-6,8,12H,3-4,7,9-10H2,1-2H3,(H,18,19)/t12-/m1/s1. The lowest BCUT2D eigenvalue weighted by molar-refractivity contribution is 0.208. The summed E-state index contributed by atoms with van der Waals surface area (Å²) in [6, 6.07) is 2.03. The van der Waals surface area contributed by atoms with Crippen molar-refractivity contribution in [1.82, 2.24) is 25.1 Å². The van der Waals surface area contributed by atoms with Gasteiger partial charge in [-0.05, 0) is 51.8 Å². The van der Waals surface area contributed by atoms with Crippen molar-refractivity contribution in [3.8, 4) is 11.4 Å². The summed E-state index contributed by atoms with van der Waals surface area (Å²) in [6.45, 7) is 4.36. The van der Waals surface area contributed by atoms with Gasteiger partial charge in [-0.2, -0.15) is 5.10 Å². The Morgan fingerprint density at radius 1 is 1.35 bits per heavy atom. The van der Waals surface area contributed by atoms with Gasteiger partial charge in [0.25, 0.3) is 0 Å². The van der Waals surface area contributed by atoms with Crippen LogP contribution in [0.2, 0.25) is 0 Å². The fraction of sp³-hybridized carbons (Fsp3) is 0.533. The number of aromatic amines is 1. The summed E-state index contributed by atoms with van der Waals surface area (Å²) in [7, 11) is 2.20. The van der Waals surface area contributed by atoms with Gasteiger partial charge in [0.1, 0.15) is 11.4 Å². The van der Waals surface area contributed by atoms with Crippen LogP contribution in [0, 0.1) is 12.8 Å². The lowest BCUT2D eigenvalue weighted by Gasteiger charge is -2.29. The van der Waals surface area contributed by atoms with E-state index in [-0.39, 0.29) is 0 Å². The SMILES string of the molecule is Cc1cc(-c2nccnc2C[C@H]2CCCN(C)C2)n[nH]1. The van der Waals surface area contributed by atoms with Crippen LogP contribution in [0.15, 0.2) is 18.5 Å². The quantitative estimate of drug-likeness (QED) is 0.928. The highest BCUT2D eigenvalue weighted by atomic mass is 15.1. The number of rotatable bonds is 3. The van der Waals surface area contributed by atoms with Crippen molar-refractivity contribution < 1.29 is 0 Å². The maximum atomic E-state index is 4.55. The molecule has 1 aliphatic rings. The van der Waals surface area contributed by atoms with Gasteiger partial charge in [0, 0.05) is 24.6 Å². The maximum absolute atomic E-state index is 4.55. The molecule has 106 valence electrons. The molecule has 0 unspecified atom stereocenters. The minimum absolute atomic E-state index is 0.671. The summed E-state index contributed by atoms with van der Waals surface area (Å²) < 4.78 is 0. The molecule has 1 saturated heterocycles. The second kappa shape index (κ2) is 5.71. The molecule has 0 aromatic carbocycles. The van der Waals surface area contributed by atoms with Crippen molar-refractivity contribution in [1.29, 1.82) is 0 Å². The van der Waals surface area contributed by atoms with Crippen molar-refractivity contribution in [3.63, 3.8) is 0 Å². The number of hydrogen-bond acceptors (Lipinski definition) is 4. The first-order valence-corrected chi connectivity index (χ1v) is 7.23. The average Bonchev–Trinajstić information content (AvgIpc) is 2.86. The van der Waals surface area contributed by atoms with Crippen LogP contribution in [0.5, 0.6) is 0 Å². The zero-order valence-corrected chi connectivity index (χ0v) is 12.1. The second-order valence-corrected chi connectivity index (χ2v) is 5.76. The monoisotopic (exact) mass is 271 g/mol. The molecule has 0 aliphatic carbocycles. The van der Waals surface area contributed by atoms with Crippen molar-refractivity contribution in [3.05, 3.63) is 29.8 Å². The molecule has 3 heterocycles. The summed E-state index contributed by atoms with van der Waals surface area (Å²) >= 11 is 0. The molecule has 0 amide bonds. The van der Waals surface area contributed by atoms with Crippen LogP contribution in [0.25, 0.3) is 11.4 Å². The molecule has 2 aromatic heterocycles. The maximum Gasteiger partial charge on any atom is 0.113 e. The lowest BCUT2D eigenvalue weighted by Crippen LogP contribution is -2.33. The fourth-order valence-electron chi connectivity index (χ4n) is 2.98. The molecular formula is C15H21N5. The number of H-pyrrole nitrogens is 1. The molecule has 1 atom stereocenters. The number of nitrogens with zero attached hydrogens (tertiary/aromatic N) is 4. The first-order valence-electron chi connectivity index (χ1n) is 7.23. The van der Waals surface area contributed by atoms with E-state index < -0.39 is 0 Å². The van der Waals surface area contributed by atoms with E-state index in [0.717, 1.165) is 35.7 Å². The van der Waals surface area contributed by atoms with Crippen molar-refractivity contribution in [2.24, 2.45) is 5.92 Å². The van der Waals surface area contributed by atoms with Crippen LogP contribution in [0.4, 0.5) is 0 Å². The van der Waals surface area contributed by atoms with Crippen LogP contribution in [-0.2, 0) is 6.42 Å². The predicted octanol–water partition coefficient (Wildman–Crippen LogP) is 2.06. The Balaban J connectivity index is 1.83. The number of aromatic nitrogens is 4. The van der Waals surface area contributed by atoms with Crippen LogP contribution in [-0.4, -0.2) is 45.2 Å². The van der Waals surface area contributed by atoms with Crippen molar-refractivity contribution in [2.75, 3.05) is 20.1 Å². The third kappa shape index (κ3) is 2.88. The van der Waals surface area contributed by atoms with Gasteiger partial charge in [-0.25, -0.2) is 0 Å². The molecule has 0 saturated carbocycles. The van der Waals surface area contributed by atoms with Gasteiger partial charge in [-0.3, -0.25) is 15.1 Å². The van der Waals surface area contributed by atoms with E-state index in [0.29, 0.717) is 5.92 Å². The van der Waals surface area contributed by atoms with Gasteiger partial charge < -0.3 is 4.90 Å². The van der Waals surface area contributed by atoms with Crippen LogP contribution < -0.4 is 0 Å². The first-order chi connectivity index (χ1) is 9.72. The summed E-state index contributed by atoms with van der Waals surface area (Å²) in [6.07, 6.45) is 7.07. The molecule has 20 heavy (non-hydrogen) atoms. The van der Waals surface area contributed by atoms with Gasteiger partial charge in [-0.1, -0.05) is 0 Å². The Morgan fingerprint density at radius 2 is 2.20 bits per heavy atom. The van der Waals surface area contributed by atoms with Gasteiger partial charge in [0.15, 0.2) is 0 Å². The Hall–Kier alpha value is -1.75. The van der Waals surface area contributed by atoms with Crippen LogP contribution in [0.3, 0.4) is 0 Å². The lowest BCUT2D eigenvalue weighted by atomic mass is 9.92. The molecule has 0 bridgehead atoms. The van der Waals surface area contributed by atoms with E-state index in [4.69, 9.17) is 0 Å². The van der Waals surface area contributed by atoms with Crippen molar-refractivity contribution >= 4 is 0 Å². The summed E-state index contributed by atoms with van der Waals surface area (Å²) in [5.74, 6) is 0.671. The molecular weight excluding hydrogens is 250 g/mol. The Kier molecular flexibility index (Phi) is 3.78. The third-order valence-corrected chi connectivity index (χ3v) is 3.93. The Labute approximate surface area is 119 Å². The highest BCUT2D eigenvalue weighted by Crippen LogP contribution is 2.24. The zero-order valence-electron chi connectivity index (χ0n) is 12.1. The number of aryl methyl sites for hydroxylation is 1. The van der Waals surface area contributed by atoms with E-state index in [9.17, 15) is 0 Å². The normalized spacial score (nSPS) is 20.2. The van der Waals surface area contributed by atoms with Gasteiger partial charge in [-0.15, -0.1) is 0 Å². The molecule has 1 N–H and O–H groups in total. The van der Waals surface area contributed by atoms with Crippen LogP contribution in [0.1, 0.15) is 24.2 Å².